The Hall–Kier alpha value is -3.19. The van der Waals surface area contributed by atoms with Crippen molar-refractivity contribution in [1.29, 1.82) is 0 Å². The summed E-state index contributed by atoms with van der Waals surface area (Å²) in [7, 11) is 1.33. The minimum absolute atomic E-state index is 0.268. The van der Waals surface area contributed by atoms with Crippen LogP contribution in [0.25, 0.3) is 5.69 Å². The van der Waals surface area contributed by atoms with E-state index in [1.807, 2.05) is 18.4 Å². The lowest BCUT2D eigenvalue weighted by Crippen LogP contribution is -2.14. The lowest BCUT2D eigenvalue weighted by molar-refractivity contribution is 0.0479. The predicted octanol–water partition coefficient (Wildman–Crippen LogP) is 3.98. The molecule has 144 valence electrons. The summed E-state index contributed by atoms with van der Waals surface area (Å²) < 4.78 is 11.7. The lowest BCUT2D eigenvalue weighted by Gasteiger charge is -2.10. The number of carbonyl (C=O) groups is 3. The average Bonchev–Trinajstić information content (AvgIpc) is 3.34. The first-order valence-electron chi connectivity index (χ1n) is 8.54. The second kappa shape index (κ2) is 8.22. The van der Waals surface area contributed by atoms with Crippen LogP contribution in [0, 0.1) is 13.8 Å². The fourth-order valence-corrected chi connectivity index (χ4v) is 3.60. The molecule has 0 aliphatic heterocycles. The van der Waals surface area contributed by atoms with E-state index in [2.05, 4.69) is 0 Å². The predicted molar refractivity (Wildman–Crippen MR) is 106 cm³/mol. The Kier molecular flexibility index (Phi) is 5.75. The molecular formula is C21H19NO5S. The largest absolute Gasteiger partial charge is 0.465 e. The number of benzene rings is 1. The SMILES string of the molecule is COC(=O)c1ccc(-n2c(C)cc(C(=O)COC(=O)c3cccs3)c2C)cc1. The van der Waals surface area contributed by atoms with Gasteiger partial charge >= 0.3 is 11.9 Å². The smallest absolute Gasteiger partial charge is 0.348 e. The molecule has 2 heterocycles. The molecule has 0 bridgehead atoms. The van der Waals surface area contributed by atoms with Gasteiger partial charge in [-0.2, -0.15) is 0 Å². The summed E-state index contributed by atoms with van der Waals surface area (Å²) in [4.78, 5) is 36.5. The molecule has 0 radical (unpaired) electrons. The van der Waals surface area contributed by atoms with Crippen LogP contribution in [-0.4, -0.2) is 36.0 Å². The minimum atomic E-state index is -0.504. The molecule has 3 rings (SSSR count). The van der Waals surface area contributed by atoms with Crippen LogP contribution in [0.15, 0.2) is 47.8 Å². The van der Waals surface area contributed by atoms with Crippen molar-refractivity contribution in [2.75, 3.05) is 13.7 Å². The third-order valence-corrected chi connectivity index (χ3v) is 5.18. The Bertz CT molecular complexity index is 1020. The quantitative estimate of drug-likeness (QED) is 0.465. The molecule has 0 unspecified atom stereocenters. The van der Waals surface area contributed by atoms with Gasteiger partial charge in [0.05, 0.1) is 12.7 Å². The van der Waals surface area contributed by atoms with Crippen LogP contribution in [0.3, 0.4) is 0 Å². The molecule has 0 N–H and O–H groups in total. The van der Waals surface area contributed by atoms with Crippen LogP contribution in [-0.2, 0) is 9.47 Å². The van der Waals surface area contributed by atoms with E-state index < -0.39 is 11.9 Å². The van der Waals surface area contributed by atoms with Crippen molar-refractivity contribution in [3.05, 3.63) is 75.2 Å². The minimum Gasteiger partial charge on any atom is -0.465 e. The van der Waals surface area contributed by atoms with Gasteiger partial charge in [-0.1, -0.05) is 6.07 Å². The molecule has 0 spiro atoms. The van der Waals surface area contributed by atoms with Gasteiger partial charge in [-0.15, -0.1) is 11.3 Å². The van der Waals surface area contributed by atoms with E-state index in [4.69, 9.17) is 9.47 Å². The van der Waals surface area contributed by atoms with Crippen LogP contribution < -0.4 is 0 Å². The van der Waals surface area contributed by atoms with E-state index in [-0.39, 0.29) is 12.4 Å². The molecule has 7 heteroatoms. The van der Waals surface area contributed by atoms with Crippen molar-refractivity contribution in [3.63, 3.8) is 0 Å². The van der Waals surface area contributed by atoms with Crippen LogP contribution in [0.1, 0.15) is 41.8 Å². The number of thiophene rings is 1. The maximum absolute atomic E-state index is 12.6. The van der Waals surface area contributed by atoms with Crippen LogP contribution in [0.4, 0.5) is 0 Å². The monoisotopic (exact) mass is 397 g/mol. The Balaban J connectivity index is 1.78. The summed E-state index contributed by atoms with van der Waals surface area (Å²) in [5, 5.41) is 1.78. The lowest BCUT2D eigenvalue weighted by atomic mass is 10.1. The van der Waals surface area contributed by atoms with Gasteiger partial charge in [0.2, 0.25) is 5.78 Å². The maximum atomic E-state index is 12.6. The zero-order valence-electron chi connectivity index (χ0n) is 15.7. The first-order chi connectivity index (χ1) is 13.4. The molecule has 3 aromatic rings. The summed E-state index contributed by atoms with van der Waals surface area (Å²) >= 11 is 1.27. The number of methoxy groups -OCH3 is 1. The normalized spacial score (nSPS) is 10.5. The van der Waals surface area contributed by atoms with Crippen LogP contribution >= 0.6 is 11.3 Å². The van der Waals surface area contributed by atoms with Gasteiger partial charge in [0.25, 0.3) is 0 Å². The zero-order chi connectivity index (χ0) is 20.3. The summed E-state index contributed by atoms with van der Waals surface area (Å²) in [5.41, 5.74) is 3.35. The van der Waals surface area contributed by atoms with E-state index >= 15 is 0 Å². The number of esters is 2. The fraction of sp³-hybridized carbons (Fsp3) is 0.190. The summed E-state index contributed by atoms with van der Waals surface area (Å²) in [6.45, 7) is 3.40. The molecule has 0 fully saturated rings. The molecule has 0 amide bonds. The number of hydrogen-bond acceptors (Lipinski definition) is 6. The molecule has 1 aromatic carbocycles. The highest BCUT2D eigenvalue weighted by molar-refractivity contribution is 7.11. The van der Waals surface area contributed by atoms with E-state index in [1.165, 1.54) is 18.4 Å². The molecule has 0 aliphatic carbocycles. The molecule has 2 aromatic heterocycles. The molecular weight excluding hydrogens is 378 g/mol. The van der Waals surface area contributed by atoms with Gasteiger partial charge in [-0.25, -0.2) is 9.59 Å². The average molecular weight is 397 g/mol. The number of ether oxygens (including phenoxy) is 2. The van der Waals surface area contributed by atoms with Crippen molar-refractivity contribution < 1.29 is 23.9 Å². The molecule has 0 saturated carbocycles. The first-order valence-corrected chi connectivity index (χ1v) is 9.42. The van der Waals surface area contributed by atoms with Crippen LogP contribution in [0.2, 0.25) is 0 Å². The number of hydrogen-bond donors (Lipinski definition) is 0. The summed E-state index contributed by atoms with van der Waals surface area (Å²) in [6.07, 6.45) is 0. The van der Waals surface area contributed by atoms with Gasteiger partial charge in [-0.3, -0.25) is 4.79 Å². The number of Topliss-reactive ketones (excluding diaryl/α,β-unsaturated/α-hetero) is 1. The van der Waals surface area contributed by atoms with Crippen molar-refractivity contribution >= 4 is 29.1 Å². The Morgan fingerprint density at radius 2 is 1.75 bits per heavy atom. The highest BCUT2D eigenvalue weighted by atomic mass is 32.1. The topological polar surface area (TPSA) is 74.6 Å². The highest BCUT2D eigenvalue weighted by Gasteiger charge is 2.19. The highest BCUT2D eigenvalue weighted by Crippen LogP contribution is 2.22. The van der Waals surface area contributed by atoms with Gasteiger partial charge in [0.1, 0.15) is 4.88 Å². The molecule has 0 atom stereocenters. The number of nitrogens with zero attached hydrogens (tertiary/aromatic N) is 1. The van der Waals surface area contributed by atoms with Gasteiger partial charge in [-0.05, 0) is 55.6 Å². The third kappa shape index (κ3) is 3.89. The van der Waals surface area contributed by atoms with E-state index in [0.717, 1.165) is 17.1 Å². The summed E-state index contributed by atoms with van der Waals surface area (Å²) in [5.74, 6) is -1.18. The number of carbonyl (C=O) groups excluding carboxylic acids is 3. The molecule has 28 heavy (non-hydrogen) atoms. The molecule has 0 aliphatic rings. The summed E-state index contributed by atoms with van der Waals surface area (Å²) in [6, 6.07) is 12.1. The third-order valence-electron chi connectivity index (χ3n) is 4.33. The van der Waals surface area contributed by atoms with E-state index in [0.29, 0.717) is 16.0 Å². The number of rotatable bonds is 6. The van der Waals surface area contributed by atoms with Crippen LogP contribution in [0.5, 0.6) is 0 Å². The first kappa shape index (κ1) is 19.6. The standard InChI is InChI=1S/C21H19NO5S/c1-13-11-17(18(23)12-27-21(25)19-5-4-10-28-19)14(2)22(13)16-8-6-15(7-9-16)20(24)26-3/h4-11H,12H2,1-3H3. The van der Waals surface area contributed by atoms with Crippen molar-refractivity contribution in [3.8, 4) is 5.69 Å². The van der Waals surface area contributed by atoms with E-state index in [1.54, 1.807) is 47.8 Å². The second-order valence-corrected chi connectivity index (χ2v) is 7.08. The Morgan fingerprint density at radius 1 is 1.04 bits per heavy atom. The Morgan fingerprint density at radius 3 is 2.36 bits per heavy atom. The fourth-order valence-electron chi connectivity index (χ4n) is 2.98. The maximum Gasteiger partial charge on any atom is 0.348 e. The van der Waals surface area contributed by atoms with Crippen molar-refractivity contribution in [2.24, 2.45) is 0 Å². The second-order valence-electron chi connectivity index (χ2n) is 6.14. The van der Waals surface area contributed by atoms with Gasteiger partial charge in [0.15, 0.2) is 6.61 Å². The molecule has 6 nitrogen and oxygen atoms in total. The van der Waals surface area contributed by atoms with Crippen molar-refractivity contribution in [1.82, 2.24) is 4.57 Å². The number of aromatic nitrogens is 1. The Labute approximate surface area is 166 Å². The zero-order valence-corrected chi connectivity index (χ0v) is 16.5. The number of ketones is 1. The van der Waals surface area contributed by atoms with Crippen molar-refractivity contribution in [2.45, 2.75) is 13.8 Å². The van der Waals surface area contributed by atoms with E-state index in [9.17, 15) is 14.4 Å². The van der Waals surface area contributed by atoms with Gasteiger partial charge < -0.3 is 14.0 Å². The molecule has 0 saturated heterocycles. The number of aryl methyl sites for hydroxylation is 1. The van der Waals surface area contributed by atoms with Gasteiger partial charge in [0, 0.05) is 22.6 Å².